The molecular formula is C15H25NO2. The van der Waals surface area contributed by atoms with Gasteiger partial charge in [0.25, 0.3) is 0 Å². The minimum Gasteiger partial charge on any atom is -0.377 e. The second-order valence-electron chi connectivity index (χ2n) is 4.85. The first-order chi connectivity index (χ1) is 8.72. The molecule has 0 aliphatic carbocycles. The van der Waals surface area contributed by atoms with Crippen molar-refractivity contribution in [1.82, 2.24) is 5.32 Å². The van der Waals surface area contributed by atoms with Crippen molar-refractivity contribution in [3.63, 3.8) is 0 Å². The molecule has 102 valence electrons. The molecule has 1 unspecified atom stereocenters. The Labute approximate surface area is 110 Å². The molecule has 0 saturated heterocycles. The fraction of sp³-hybridized carbons (Fsp3) is 0.667. The van der Waals surface area contributed by atoms with Crippen molar-refractivity contribution in [2.75, 3.05) is 13.7 Å². The number of hydrogen-bond donors (Lipinski definition) is 1. The lowest BCUT2D eigenvalue weighted by molar-refractivity contribution is -0.120. The van der Waals surface area contributed by atoms with Gasteiger partial charge in [0.1, 0.15) is 0 Å². The largest absolute Gasteiger partial charge is 0.377 e. The first-order valence-electron chi connectivity index (χ1n) is 6.84. The molecule has 1 aliphatic rings. The Balaban J connectivity index is 2.54. The number of carbonyl (C=O) groups excluding carboxylic acids is 1. The van der Waals surface area contributed by atoms with Crippen LogP contribution in [-0.2, 0) is 9.53 Å². The van der Waals surface area contributed by atoms with Gasteiger partial charge in [0.15, 0.2) is 0 Å². The maximum absolute atomic E-state index is 11.6. The maximum Gasteiger partial charge on any atom is 0.224 e. The summed E-state index contributed by atoms with van der Waals surface area (Å²) in [5.74, 6) is 0.139. The van der Waals surface area contributed by atoms with Gasteiger partial charge in [-0.25, -0.2) is 0 Å². The molecular weight excluding hydrogens is 226 g/mol. The Morgan fingerprint density at radius 2 is 2.17 bits per heavy atom. The summed E-state index contributed by atoms with van der Waals surface area (Å²) >= 11 is 0. The second-order valence-corrected chi connectivity index (χ2v) is 4.85. The average molecular weight is 251 g/mol. The van der Waals surface area contributed by atoms with Gasteiger partial charge in [-0.3, -0.25) is 4.79 Å². The summed E-state index contributed by atoms with van der Waals surface area (Å²) < 4.78 is 5.41. The van der Waals surface area contributed by atoms with Crippen molar-refractivity contribution in [2.45, 2.75) is 51.6 Å². The number of hydrogen-bond acceptors (Lipinski definition) is 2. The quantitative estimate of drug-likeness (QED) is 0.728. The predicted octanol–water partition coefficient (Wildman–Crippen LogP) is 2.97. The van der Waals surface area contributed by atoms with Crippen molar-refractivity contribution < 1.29 is 9.53 Å². The summed E-state index contributed by atoms with van der Waals surface area (Å²) in [4.78, 5) is 11.6. The predicted molar refractivity (Wildman–Crippen MR) is 74.4 cm³/mol. The van der Waals surface area contributed by atoms with Crippen LogP contribution in [0.25, 0.3) is 0 Å². The summed E-state index contributed by atoms with van der Waals surface area (Å²) in [6.07, 6.45) is 12.4. The van der Waals surface area contributed by atoms with Crippen molar-refractivity contribution >= 4 is 5.91 Å². The van der Waals surface area contributed by atoms with Gasteiger partial charge in [-0.15, -0.1) is 0 Å². The number of methoxy groups -OCH3 is 1. The molecule has 3 nitrogen and oxygen atoms in total. The van der Waals surface area contributed by atoms with Crippen molar-refractivity contribution in [3.05, 3.63) is 23.8 Å². The van der Waals surface area contributed by atoms with E-state index < -0.39 is 0 Å². The highest BCUT2D eigenvalue weighted by Crippen LogP contribution is 2.10. The van der Waals surface area contributed by atoms with Gasteiger partial charge >= 0.3 is 0 Å². The fourth-order valence-corrected chi connectivity index (χ4v) is 2.04. The smallest absolute Gasteiger partial charge is 0.224 e. The molecule has 0 saturated carbocycles. The zero-order chi connectivity index (χ0) is 13.2. The Morgan fingerprint density at radius 1 is 1.33 bits per heavy atom. The van der Waals surface area contributed by atoms with Crippen LogP contribution in [0, 0.1) is 0 Å². The van der Waals surface area contributed by atoms with Crippen LogP contribution in [0.5, 0.6) is 0 Å². The van der Waals surface area contributed by atoms with Crippen LogP contribution >= 0.6 is 0 Å². The van der Waals surface area contributed by atoms with Crippen LogP contribution in [0.4, 0.5) is 0 Å². The monoisotopic (exact) mass is 251 g/mol. The minimum atomic E-state index is 0.139. The van der Waals surface area contributed by atoms with Crippen LogP contribution in [0.1, 0.15) is 45.4 Å². The Hall–Kier alpha value is -1.09. The van der Waals surface area contributed by atoms with E-state index >= 15 is 0 Å². The van der Waals surface area contributed by atoms with E-state index in [1.54, 1.807) is 7.11 Å². The molecule has 1 N–H and O–H groups in total. The van der Waals surface area contributed by atoms with Gasteiger partial charge in [-0.1, -0.05) is 23.8 Å². The normalized spacial score (nSPS) is 28.7. The number of carbonyl (C=O) groups is 1. The Kier molecular flexibility index (Phi) is 7.42. The van der Waals surface area contributed by atoms with Gasteiger partial charge in [0.2, 0.25) is 5.91 Å². The number of amides is 1. The number of allylic oxidation sites excluding steroid dienone is 2. The molecule has 3 heteroatoms. The number of nitrogens with one attached hydrogen (secondary N) is 1. The lowest BCUT2D eigenvalue weighted by Crippen LogP contribution is -2.24. The third-order valence-electron chi connectivity index (χ3n) is 3.16. The van der Waals surface area contributed by atoms with E-state index in [-0.39, 0.29) is 12.0 Å². The number of ether oxygens (including phenoxy) is 1. The highest BCUT2D eigenvalue weighted by atomic mass is 16.5. The maximum atomic E-state index is 11.6. The second kappa shape index (κ2) is 8.92. The molecule has 0 aromatic carbocycles. The average Bonchev–Trinajstić information content (AvgIpc) is 2.34. The SMILES string of the molecule is COC1/C=C/CCCCNC(=O)C/C(C)=C\CC1. The molecule has 0 bridgehead atoms. The van der Waals surface area contributed by atoms with E-state index in [1.807, 2.05) is 6.92 Å². The summed E-state index contributed by atoms with van der Waals surface area (Å²) in [5, 5.41) is 2.96. The van der Waals surface area contributed by atoms with Gasteiger partial charge in [-0.2, -0.15) is 0 Å². The summed E-state index contributed by atoms with van der Waals surface area (Å²) in [6, 6.07) is 0. The summed E-state index contributed by atoms with van der Waals surface area (Å²) in [7, 11) is 1.75. The van der Waals surface area contributed by atoms with Crippen molar-refractivity contribution in [2.24, 2.45) is 0 Å². The van der Waals surface area contributed by atoms with E-state index in [2.05, 4.69) is 23.5 Å². The van der Waals surface area contributed by atoms with E-state index in [4.69, 9.17) is 4.74 Å². The standard InChI is InChI=1S/C15H25NO2/c1-13-8-7-10-14(18-2)9-5-3-4-6-11-16-15(17)12-13/h5,8-9,14H,3-4,6-7,10-12H2,1-2H3,(H,16,17)/b9-5+,13-8-. The van der Waals surface area contributed by atoms with Crippen molar-refractivity contribution in [1.29, 1.82) is 0 Å². The summed E-state index contributed by atoms with van der Waals surface area (Å²) in [6.45, 7) is 2.80. The van der Waals surface area contributed by atoms with Crippen LogP contribution in [-0.4, -0.2) is 25.7 Å². The highest BCUT2D eigenvalue weighted by molar-refractivity contribution is 5.78. The molecule has 1 heterocycles. The zero-order valence-electron chi connectivity index (χ0n) is 11.6. The first-order valence-corrected chi connectivity index (χ1v) is 6.84. The molecule has 0 aromatic heterocycles. The molecule has 1 aliphatic heterocycles. The molecule has 0 spiro atoms. The minimum absolute atomic E-state index is 0.139. The van der Waals surface area contributed by atoms with Crippen LogP contribution < -0.4 is 5.32 Å². The lowest BCUT2D eigenvalue weighted by atomic mass is 10.1. The molecule has 18 heavy (non-hydrogen) atoms. The van der Waals surface area contributed by atoms with Crippen LogP contribution in [0.3, 0.4) is 0 Å². The Morgan fingerprint density at radius 3 is 2.94 bits per heavy atom. The third-order valence-corrected chi connectivity index (χ3v) is 3.16. The van der Waals surface area contributed by atoms with Gasteiger partial charge in [-0.05, 0) is 39.0 Å². The molecule has 0 aromatic rings. The van der Waals surface area contributed by atoms with Gasteiger partial charge < -0.3 is 10.1 Å². The lowest BCUT2D eigenvalue weighted by Gasteiger charge is -2.11. The molecule has 1 rings (SSSR count). The van der Waals surface area contributed by atoms with E-state index in [0.29, 0.717) is 6.42 Å². The first kappa shape index (κ1) is 15.0. The molecule has 1 atom stereocenters. The van der Waals surface area contributed by atoms with Gasteiger partial charge in [0.05, 0.1) is 6.10 Å². The third kappa shape index (κ3) is 6.60. The van der Waals surface area contributed by atoms with Crippen molar-refractivity contribution in [3.8, 4) is 0 Å². The molecule has 0 radical (unpaired) electrons. The molecule has 1 amide bonds. The summed E-state index contributed by atoms with van der Waals surface area (Å²) in [5.41, 5.74) is 1.14. The van der Waals surface area contributed by atoms with E-state index in [9.17, 15) is 4.79 Å². The highest BCUT2D eigenvalue weighted by Gasteiger charge is 2.04. The molecule has 0 fully saturated rings. The van der Waals surface area contributed by atoms with Crippen LogP contribution in [0.15, 0.2) is 23.8 Å². The van der Waals surface area contributed by atoms with Gasteiger partial charge in [0, 0.05) is 20.1 Å². The number of rotatable bonds is 1. The van der Waals surface area contributed by atoms with Crippen LogP contribution in [0.2, 0.25) is 0 Å². The van der Waals surface area contributed by atoms with E-state index in [0.717, 1.165) is 44.2 Å². The zero-order valence-corrected chi connectivity index (χ0v) is 11.6. The topological polar surface area (TPSA) is 38.3 Å². The Bertz CT molecular complexity index is 308. The fourth-order valence-electron chi connectivity index (χ4n) is 2.04. The van der Waals surface area contributed by atoms with E-state index in [1.165, 1.54) is 0 Å².